The van der Waals surface area contributed by atoms with Gasteiger partial charge < -0.3 is 14.9 Å². The highest BCUT2D eigenvalue weighted by Gasteiger charge is 2.27. The number of rotatable bonds is 6. The quantitative estimate of drug-likeness (QED) is 0.838. The lowest BCUT2D eigenvalue weighted by molar-refractivity contribution is -0.135. The number of carbonyl (C=O) groups excluding carboxylic acids is 2. The number of aryl methyl sites for hydroxylation is 1. The molecular formula is C23H28N2O3. The van der Waals surface area contributed by atoms with E-state index in [4.69, 9.17) is 0 Å². The number of piperazine rings is 1. The van der Waals surface area contributed by atoms with Crippen LogP contribution in [-0.2, 0) is 17.8 Å². The number of hydrogen-bond donors (Lipinski definition) is 1. The predicted molar refractivity (Wildman–Crippen MR) is 109 cm³/mol. The molecule has 0 bridgehead atoms. The topological polar surface area (TPSA) is 60.9 Å². The van der Waals surface area contributed by atoms with E-state index in [9.17, 15) is 14.7 Å². The number of nitrogens with zero attached hydrogens (tertiary/aromatic N) is 2. The van der Waals surface area contributed by atoms with Crippen molar-refractivity contribution in [2.24, 2.45) is 0 Å². The molecule has 0 saturated carbocycles. The minimum absolute atomic E-state index is 0.0263. The molecule has 2 aromatic carbocycles. The van der Waals surface area contributed by atoms with Gasteiger partial charge in [0.15, 0.2) is 0 Å². The molecule has 28 heavy (non-hydrogen) atoms. The van der Waals surface area contributed by atoms with Crippen LogP contribution in [0, 0.1) is 0 Å². The summed E-state index contributed by atoms with van der Waals surface area (Å²) in [6.07, 6.45) is 1.33. The van der Waals surface area contributed by atoms with Gasteiger partial charge in [-0.1, -0.05) is 42.5 Å². The molecule has 3 rings (SSSR count). The SMILES string of the molecule is CC(C)(O)CCc1cccc(C(=O)N2CCN(Cc3ccccc3)C(=O)C2)c1. The summed E-state index contributed by atoms with van der Waals surface area (Å²) >= 11 is 0. The third-order valence-corrected chi connectivity index (χ3v) is 5.02. The van der Waals surface area contributed by atoms with Crippen molar-refractivity contribution in [2.75, 3.05) is 19.6 Å². The normalized spacial score (nSPS) is 15.0. The molecule has 0 aromatic heterocycles. The summed E-state index contributed by atoms with van der Waals surface area (Å²) < 4.78 is 0. The second kappa shape index (κ2) is 8.57. The van der Waals surface area contributed by atoms with E-state index in [2.05, 4.69) is 0 Å². The monoisotopic (exact) mass is 380 g/mol. The standard InChI is InChI=1S/C23H28N2O3/c1-23(2,28)12-11-18-9-6-10-20(15-18)22(27)25-14-13-24(21(26)17-25)16-19-7-4-3-5-8-19/h3-10,15,28H,11-14,16-17H2,1-2H3. The molecule has 2 aromatic rings. The summed E-state index contributed by atoms with van der Waals surface area (Å²) in [6, 6.07) is 17.4. The minimum atomic E-state index is -0.735. The number of benzene rings is 2. The van der Waals surface area contributed by atoms with Gasteiger partial charge in [0, 0.05) is 25.2 Å². The van der Waals surface area contributed by atoms with Gasteiger partial charge in [0.2, 0.25) is 5.91 Å². The van der Waals surface area contributed by atoms with E-state index in [1.807, 2.05) is 48.5 Å². The number of amides is 2. The Morgan fingerprint density at radius 1 is 1.04 bits per heavy atom. The lowest BCUT2D eigenvalue weighted by Crippen LogP contribution is -2.51. The van der Waals surface area contributed by atoms with Crippen LogP contribution in [-0.4, -0.2) is 52.0 Å². The van der Waals surface area contributed by atoms with Gasteiger partial charge in [0.1, 0.15) is 6.54 Å². The van der Waals surface area contributed by atoms with Gasteiger partial charge in [0.05, 0.1) is 5.60 Å². The summed E-state index contributed by atoms with van der Waals surface area (Å²) in [4.78, 5) is 28.8. The summed E-state index contributed by atoms with van der Waals surface area (Å²) in [7, 11) is 0. The van der Waals surface area contributed by atoms with Crippen LogP contribution in [0.1, 0.15) is 41.8 Å². The molecule has 1 N–H and O–H groups in total. The highest BCUT2D eigenvalue weighted by Crippen LogP contribution is 2.17. The molecule has 0 unspecified atom stereocenters. The van der Waals surface area contributed by atoms with Crippen LogP contribution >= 0.6 is 0 Å². The average Bonchev–Trinajstić information content (AvgIpc) is 2.68. The minimum Gasteiger partial charge on any atom is -0.390 e. The van der Waals surface area contributed by atoms with Gasteiger partial charge >= 0.3 is 0 Å². The van der Waals surface area contributed by atoms with Crippen LogP contribution in [0.4, 0.5) is 0 Å². The van der Waals surface area contributed by atoms with Crippen molar-refractivity contribution in [1.82, 2.24) is 9.80 Å². The largest absolute Gasteiger partial charge is 0.390 e. The maximum Gasteiger partial charge on any atom is 0.254 e. The Morgan fingerprint density at radius 2 is 1.75 bits per heavy atom. The van der Waals surface area contributed by atoms with Crippen molar-refractivity contribution in [3.05, 3.63) is 71.3 Å². The molecule has 148 valence electrons. The first-order valence-electron chi connectivity index (χ1n) is 9.74. The smallest absolute Gasteiger partial charge is 0.254 e. The van der Waals surface area contributed by atoms with Crippen LogP contribution in [0.3, 0.4) is 0 Å². The fraction of sp³-hybridized carbons (Fsp3) is 0.391. The van der Waals surface area contributed by atoms with Crippen LogP contribution in [0.15, 0.2) is 54.6 Å². The maximum atomic E-state index is 12.9. The molecule has 1 heterocycles. The zero-order valence-electron chi connectivity index (χ0n) is 16.6. The van der Waals surface area contributed by atoms with Gasteiger partial charge in [-0.05, 0) is 49.9 Å². The molecule has 5 nitrogen and oxygen atoms in total. The van der Waals surface area contributed by atoms with Crippen molar-refractivity contribution in [1.29, 1.82) is 0 Å². The van der Waals surface area contributed by atoms with E-state index >= 15 is 0 Å². The predicted octanol–water partition coefficient (Wildman–Crippen LogP) is 2.87. The van der Waals surface area contributed by atoms with Crippen molar-refractivity contribution < 1.29 is 14.7 Å². The van der Waals surface area contributed by atoms with E-state index in [-0.39, 0.29) is 18.4 Å². The molecule has 1 fully saturated rings. The van der Waals surface area contributed by atoms with Crippen molar-refractivity contribution in [3.8, 4) is 0 Å². The van der Waals surface area contributed by atoms with Crippen molar-refractivity contribution in [2.45, 2.75) is 38.8 Å². The molecule has 1 aliphatic rings. The molecule has 0 aliphatic carbocycles. The van der Waals surface area contributed by atoms with Gasteiger partial charge in [-0.25, -0.2) is 0 Å². The molecule has 2 amide bonds. The molecule has 5 heteroatoms. The second-order valence-corrected chi connectivity index (χ2v) is 8.04. The zero-order valence-corrected chi connectivity index (χ0v) is 16.6. The van der Waals surface area contributed by atoms with Crippen LogP contribution in [0.2, 0.25) is 0 Å². The third kappa shape index (κ3) is 5.42. The van der Waals surface area contributed by atoms with Crippen LogP contribution < -0.4 is 0 Å². The van der Waals surface area contributed by atoms with Gasteiger partial charge in [-0.15, -0.1) is 0 Å². The van der Waals surface area contributed by atoms with Gasteiger partial charge in [0.25, 0.3) is 5.91 Å². The first kappa shape index (κ1) is 20.1. The fourth-order valence-corrected chi connectivity index (χ4v) is 3.35. The Hall–Kier alpha value is -2.66. The van der Waals surface area contributed by atoms with E-state index in [0.29, 0.717) is 38.0 Å². The van der Waals surface area contributed by atoms with Crippen LogP contribution in [0.25, 0.3) is 0 Å². The zero-order chi connectivity index (χ0) is 20.1. The summed E-state index contributed by atoms with van der Waals surface area (Å²) in [6.45, 7) is 5.32. The second-order valence-electron chi connectivity index (χ2n) is 8.04. The fourth-order valence-electron chi connectivity index (χ4n) is 3.35. The first-order chi connectivity index (χ1) is 13.3. The highest BCUT2D eigenvalue weighted by molar-refractivity contribution is 5.97. The number of hydrogen-bond acceptors (Lipinski definition) is 3. The number of aliphatic hydroxyl groups is 1. The average molecular weight is 380 g/mol. The first-order valence-corrected chi connectivity index (χ1v) is 9.74. The van der Waals surface area contributed by atoms with E-state index in [0.717, 1.165) is 11.1 Å². The summed E-state index contributed by atoms with van der Waals surface area (Å²) in [5.41, 5.74) is 1.97. The Bertz CT molecular complexity index is 827. The van der Waals surface area contributed by atoms with Gasteiger partial charge in [-0.2, -0.15) is 0 Å². The summed E-state index contributed by atoms with van der Waals surface area (Å²) in [5, 5.41) is 9.90. The lowest BCUT2D eigenvalue weighted by atomic mass is 9.97. The van der Waals surface area contributed by atoms with E-state index in [1.54, 1.807) is 29.7 Å². The Morgan fingerprint density at radius 3 is 2.43 bits per heavy atom. The molecule has 0 radical (unpaired) electrons. The molecular weight excluding hydrogens is 352 g/mol. The molecule has 0 atom stereocenters. The van der Waals surface area contributed by atoms with Crippen molar-refractivity contribution >= 4 is 11.8 Å². The molecule has 1 saturated heterocycles. The van der Waals surface area contributed by atoms with Crippen molar-refractivity contribution in [3.63, 3.8) is 0 Å². The molecule has 0 spiro atoms. The maximum absolute atomic E-state index is 12.9. The molecule has 1 aliphatic heterocycles. The lowest BCUT2D eigenvalue weighted by Gasteiger charge is -2.34. The highest BCUT2D eigenvalue weighted by atomic mass is 16.3. The summed E-state index contributed by atoms with van der Waals surface area (Å²) in [5.74, 6) is -0.139. The number of carbonyl (C=O) groups is 2. The Labute approximate surface area is 166 Å². The third-order valence-electron chi connectivity index (χ3n) is 5.02. The Balaban J connectivity index is 1.60. The Kier molecular flexibility index (Phi) is 6.15. The van der Waals surface area contributed by atoms with E-state index in [1.165, 1.54) is 0 Å². The van der Waals surface area contributed by atoms with E-state index < -0.39 is 5.60 Å². The van der Waals surface area contributed by atoms with Gasteiger partial charge in [-0.3, -0.25) is 9.59 Å². The van der Waals surface area contributed by atoms with Crippen LogP contribution in [0.5, 0.6) is 0 Å².